The number of carbonyl (C=O) groups is 1. The highest BCUT2D eigenvalue weighted by molar-refractivity contribution is 6.35. The minimum atomic E-state index is -0.656. The Hall–Kier alpha value is -1.00. The molecule has 0 atom stereocenters. The topological polar surface area (TPSA) is 41.1 Å². The van der Waals surface area contributed by atoms with Gasteiger partial charge in [-0.15, -0.1) is 0 Å². The van der Waals surface area contributed by atoms with E-state index >= 15 is 0 Å². The average Bonchev–Trinajstić information content (AvgIpc) is 2.33. The smallest absolute Gasteiger partial charge is 0.239 e. The fourth-order valence-electron chi connectivity index (χ4n) is 1.31. The van der Waals surface area contributed by atoms with E-state index in [1.54, 1.807) is 0 Å². The number of hydrogen-bond donors (Lipinski definition) is 2. The highest BCUT2D eigenvalue weighted by Gasteiger charge is 2.08. The van der Waals surface area contributed by atoms with Gasteiger partial charge in [-0.1, -0.05) is 36.5 Å². The predicted molar refractivity (Wildman–Crippen MR) is 72.8 cm³/mol. The quantitative estimate of drug-likeness (QED) is 0.623. The van der Waals surface area contributed by atoms with Gasteiger partial charge in [-0.3, -0.25) is 4.79 Å². The lowest BCUT2D eigenvalue weighted by atomic mass is 10.3. The van der Waals surface area contributed by atoms with Crippen molar-refractivity contribution in [2.45, 2.75) is 19.8 Å². The first-order valence-electron chi connectivity index (χ1n) is 5.69. The molecule has 0 spiro atoms. The van der Waals surface area contributed by atoms with Crippen LogP contribution in [-0.4, -0.2) is 19.0 Å². The third-order valence-electron chi connectivity index (χ3n) is 2.29. The molecule has 6 heteroatoms. The van der Waals surface area contributed by atoms with Gasteiger partial charge in [-0.2, -0.15) is 0 Å². The molecule has 18 heavy (non-hydrogen) atoms. The van der Waals surface area contributed by atoms with Gasteiger partial charge in [0.25, 0.3) is 0 Å². The lowest BCUT2D eigenvalue weighted by Gasteiger charge is -2.08. The Balaban J connectivity index is 2.46. The fourth-order valence-corrected chi connectivity index (χ4v) is 1.79. The van der Waals surface area contributed by atoms with Crippen LogP contribution < -0.4 is 10.6 Å². The van der Waals surface area contributed by atoms with Crippen LogP contribution in [0.25, 0.3) is 0 Å². The molecule has 0 heterocycles. The summed E-state index contributed by atoms with van der Waals surface area (Å²) >= 11 is 11.3. The molecule has 1 aromatic carbocycles. The van der Waals surface area contributed by atoms with Gasteiger partial charge in [0.1, 0.15) is 0 Å². The number of carbonyl (C=O) groups excluding carboxylic acids is 1. The van der Waals surface area contributed by atoms with E-state index in [1.165, 1.54) is 12.1 Å². The predicted octanol–water partition coefficient (Wildman–Crippen LogP) is 3.46. The van der Waals surface area contributed by atoms with E-state index < -0.39 is 5.82 Å². The minimum absolute atomic E-state index is 0.0728. The number of nitrogens with one attached hydrogen (secondary N) is 2. The SMILES string of the molecule is CCCCNC(=O)CNc1cc(Cl)c(F)c(Cl)c1. The van der Waals surface area contributed by atoms with Crippen LogP contribution in [0.3, 0.4) is 0 Å². The van der Waals surface area contributed by atoms with E-state index in [0.717, 1.165) is 12.8 Å². The second-order valence-electron chi connectivity index (χ2n) is 3.81. The van der Waals surface area contributed by atoms with Crippen LogP contribution in [0.5, 0.6) is 0 Å². The zero-order valence-corrected chi connectivity index (χ0v) is 11.5. The van der Waals surface area contributed by atoms with Gasteiger partial charge in [0, 0.05) is 12.2 Å². The standard InChI is InChI=1S/C12H15Cl2FN2O/c1-2-3-4-16-11(18)7-17-8-5-9(13)12(15)10(14)6-8/h5-6,17H,2-4,7H2,1H3,(H,16,18). The van der Waals surface area contributed by atoms with Crippen molar-refractivity contribution in [2.24, 2.45) is 0 Å². The van der Waals surface area contributed by atoms with Gasteiger partial charge in [0.15, 0.2) is 5.82 Å². The van der Waals surface area contributed by atoms with Crippen LogP contribution in [0.15, 0.2) is 12.1 Å². The van der Waals surface area contributed by atoms with Crippen molar-refractivity contribution in [2.75, 3.05) is 18.4 Å². The van der Waals surface area contributed by atoms with E-state index in [2.05, 4.69) is 10.6 Å². The average molecular weight is 293 g/mol. The number of benzene rings is 1. The van der Waals surface area contributed by atoms with E-state index in [0.29, 0.717) is 12.2 Å². The zero-order chi connectivity index (χ0) is 13.5. The van der Waals surface area contributed by atoms with Crippen molar-refractivity contribution in [1.82, 2.24) is 5.32 Å². The summed E-state index contributed by atoms with van der Waals surface area (Å²) in [4.78, 5) is 11.4. The first kappa shape index (κ1) is 15.1. The third-order valence-corrected chi connectivity index (χ3v) is 2.84. The summed E-state index contributed by atoms with van der Waals surface area (Å²) in [5, 5.41) is 5.44. The minimum Gasteiger partial charge on any atom is -0.376 e. The van der Waals surface area contributed by atoms with Gasteiger partial charge in [-0.25, -0.2) is 4.39 Å². The number of unbranched alkanes of at least 4 members (excludes halogenated alkanes) is 1. The lowest BCUT2D eigenvalue weighted by Crippen LogP contribution is -2.30. The normalized spacial score (nSPS) is 10.2. The Labute approximate surface area is 116 Å². The maximum atomic E-state index is 13.1. The molecule has 1 rings (SSSR count). The van der Waals surface area contributed by atoms with Crippen LogP contribution in [-0.2, 0) is 4.79 Å². The molecule has 1 amide bonds. The molecule has 2 N–H and O–H groups in total. The molecule has 1 aromatic rings. The summed E-state index contributed by atoms with van der Waals surface area (Å²) in [5.41, 5.74) is 0.511. The summed E-state index contributed by atoms with van der Waals surface area (Å²) < 4.78 is 13.1. The van der Waals surface area contributed by atoms with Crippen molar-refractivity contribution in [1.29, 1.82) is 0 Å². The molecule has 100 valence electrons. The zero-order valence-electron chi connectivity index (χ0n) is 10.0. The number of hydrogen-bond acceptors (Lipinski definition) is 2. The van der Waals surface area contributed by atoms with Gasteiger partial charge in [0.2, 0.25) is 5.91 Å². The molecular formula is C12H15Cl2FN2O. The fraction of sp³-hybridized carbons (Fsp3) is 0.417. The molecule has 0 unspecified atom stereocenters. The second kappa shape index (κ2) is 7.44. The Morgan fingerprint density at radius 2 is 1.94 bits per heavy atom. The van der Waals surface area contributed by atoms with Crippen LogP contribution >= 0.6 is 23.2 Å². The Morgan fingerprint density at radius 1 is 1.33 bits per heavy atom. The van der Waals surface area contributed by atoms with E-state index in [9.17, 15) is 9.18 Å². The third kappa shape index (κ3) is 4.70. The molecule has 0 bridgehead atoms. The van der Waals surface area contributed by atoms with Crippen LogP contribution in [0.2, 0.25) is 10.0 Å². The molecule has 3 nitrogen and oxygen atoms in total. The lowest BCUT2D eigenvalue weighted by molar-refractivity contribution is -0.119. The molecule has 0 radical (unpaired) electrons. The van der Waals surface area contributed by atoms with Crippen LogP contribution in [0, 0.1) is 5.82 Å². The summed E-state index contributed by atoms with van der Waals surface area (Å²) in [7, 11) is 0. The number of amides is 1. The molecule has 0 aliphatic carbocycles. The first-order valence-corrected chi connectivity index (χ1v) is 6.45. The molecular weight excluding hydrogens is 278 g/mol. The van der Waals surface area contributed by atoms with Crippen molar-refractivity contribution >= 4 is 34.8 Å². The highest BCUT2D eigenvalue weighted by atomic mass is 35.5. The molecule has 0 aromatic heterocycles. The van der Waals surface area contributed by atoms with Crippen LogP contribution in [0.4, 0.5) is 10.1 Å². The molecule has 0 saturated carbocycles. The first-order chi connectivity index (χ1) is 8.54. The van der Waals surface area contributed by atoms with Gasteiger partial charge in [0.05, 0.1) is 16.6 Å². The maximum absolute atomic E-state index is 13.1. The summed E-state index contributed by atoms with van der Waals surface area (Å²) in [6.45, 7) is 2.80. The number of anilines is 1. The Kier molecular flexibility index (Phi) is 6.22. The van der Waals surface area contributed by atoms with Crippen molar-refractivity contribution < 1.29 is 9.18 Å². The number of rotatable bonds is 6. The van der Waals surface area contributed by atoms with Crippen LogP contribution in [0.1, 0.15) is 19.8 Å². The number of halogens is 3. The van der Waals surface area contributed by atoms with Crippen molar-refractivity contribution in [3.8, 4) is 0 Å². The Bertz CT molecular complexity index is 404. The van der Waals surface area contributed by atoms with Gasteiger partial charge >= 0.3 is 0 Å². The van der Waals surface area contributed by atoms with Gasteiger partial charge in [-0.05, 0) is 18.6 Å². The summed E-state index contributed by atoms with van der Waals surface area (Å²) in [6, 6.07) is 2.78. The largest absolute Gasteiger partial charge is 0.376 e. The molecule has 0 aliphatic heterocycles. The molecule has 0 saturated heterocycles. The second-order valence-corrected chi connectivity index (χ2v) is 4.63. The van der Waals surface area contributed by atoms with E-state index in [4.69, 9.17) is 23.2 Å². The summed E-state index contributed by atoms with van der Waals surface area (Å²) in [6.07, 6.45) is 1.97. The van der Waals surface area contributed by atoms with Crippen molar-refractivity contribution in [3.05, 3.63) is 28.0 Å². The molecule has 0 fully saturated rings. The highest BCUT2D eigenvalue weighted by Crippen LogP contribution is 2.27. The monoisotopic (exact) mass is 292 g/mol. The van der Waals surface area contributed by atoms with E-state index in [1.807, 2.05) is 6.92 Å². The maximum Gasteiger partial charge on any atom is 0.239 e. The van der Waals surface area contributed by atoms with Crippen molar-refractivity contribution in [3.63, 3.8) is 0 Å². The Morgan fingerprint density at radius 3 is 2.50 bits per heavy atom. The van der Waals surface area contributed by atoms with Gasteiger partial charge < -0.3 is 10.6 Å². The summed E-state index contributed by atoms with van der Waals surface area (Å²) in [5.74, 6) is -0.781. The van der Waals surface area contributed by atoms with E-state index in [-0.39, 0.29) is 22.5 Å². The molecule has 0 aliphatic rings.